The average molecular weight is 406 g/mol. The van der Waals surface area contributed by atoms with Gasteiger partial charge in [0, 0.05) is 0 Å². The lowest BCUT2D eigenvalue weighted by Crippen LogP contribution is -1.98. The molecular weight excluding hydrogens is 391 g/mol. The SMILES string of the molecule is OC(c1ccc(Cc2ccccc2)cc1)c1csc(I)c1. The van der Waals surface area contributed by atoms with Crippen LogP contribution in [0.5, 0.6) is 0 Å². The van der Waals surface area contributed by atoms with Gasteiger partial charge in [-0.3, -0.25) is 0 Å². The third-order valence-electron chi connectivity index (χ3n) is 3.45. The fourth-order valence-electron chi connectivity index (χ4n) is 2.31. The lowest BCUT2D eigenvalue weighted by molar-refractivity contribution is 0.221. The molecule has 1 N–H and O–H groups in total. The summed E-state index contributed by atoms with van der Waals surface area (Å²) < 4.78 is 1.20. The molecule has 0 spiro atoms. The number of benzene rings is 2. The van der Waals surface area contributed by atoms with E-state index in [2.05, 4.69) is 59.0 Å². The van der Waals surface area contributed by atoms with Crippen LogP contribution in [-0.2, 0) is 6.42 Å². The molecule has 21 heavy (non-hydrogen) atoms. The maximum Gasteiger partial charge on any atom is 0.105 e. The Morgan fingerprint density at radius 2 is 1.57 bits per heavy atom. The molecule has 1 atom stereocenters. The van der Waals surface area contributed by atoms with Crippen molar-refractivity contribution < 1.29 is 5.11 Å². The van der Waals surface area contributed by atoms with Gasteiger partial charge in [0.15, 0.2) is 0 Å². The van der Waals surface area contributed by atoms with Gasteiger partial charge in [0.1, 0.15) is 6.10 Å². The van der Waals surface area contributed by atoms with Crippen LogP contribution in [0.2, 0.25) is 0 Å². The van der Waals surface area contributed by atoms with Crippen molar-refractivity contribution in [2.75, 3.05) is 0 Å². The monoisotopic (exact) mass is 406 g/mol. The number of rotatable bonds is 4. The number of hydrogen-bond donors (Lipinski definition) is 1. The topological polar surface area (TPSA) is 20.2 Å². The van der Waals surface area contributed by atoms with Crippen molar-refractivity contribution in [1.29, 1.82) is 0 Å². The van der Waals surface area contributed by atoms with E-state index in [0.29, 0.717) is 0 Å². The van der Waals surface area contributed by atoms with E-state index in [1.165, 1.54) is 14.0 Å². The zero-order chi connectivity index (χ0) is 14.7. The van der Waals surface area contributed by atoms with E-state index in [4.69, 9.17) is 0 Å². The maximum absolute atomic E-state index is 10.4. The minimum atomic E-state index is -0.532. The van der Waals surface area contributed by atoms with Crippen LogP contribution in [0.4, 0.5) is 0 Å². The highest BCUT2D eigenvalue weighted by molar-refractivity contribution is 14.1. The number of aliphatic hydroxyl groups is 1. The molecule has 1 unspecified atom stereocenters. The Labute approximate surface area is 142 Å². The summed E-state index contributed by atoms with van der Waals surface area (Å²) in [5.41, 5.74) is 4.48. The molecule has 0 aliphatic heterocycles. The Morgan fingerprint density at radius 3 is 2.19 bits per heavy atom. The van der Waals surface area contributed by atoms with Gasteiger partial charge in [-0.05, 0) is 62.7 Å². The predicted octanol–water partition coefficient (Wildman–Crippen LogP) is 5.03. The van der Waals surface area contributed by atoms with Gasteiger partial charge in [0.25, 0.3) is 0 Å². The molecule has 0 radical (unpaired) electrons. The number of halogens is 1. The third kappa shape index (κ3) is 3.73. The van der Waals surface area contributed by atoms with E-state index in [1.807, 2.05) is 29.6 Å². The second-order valence-corrected chi connectivity index (χ2v) is 7.80. The quantitative estimate of drug-likeness (QED) is 0.603. The van der Waals surface area contributed by atoms with E-state index in [-0.39, 0.29) is 0 Å². The predicted molar refractivity (Wildman–Crippen MR) is 96.8 cm³/mol. The van der Waals surface area contributed by atoms with Gasteiger partial charge in [-0.25, -0.2) is 0 Å². The molecule has 106 valence electrons. The first-order valence-electron chi connectivity index (χ1n) is 6.77. The lowest BCUT2D eigenvalue weighted by Gasteiger charge is -2.10. The molecule has 3 rings (SSSR count). The Kier molecular flexibility index (Phi) is 4.73. The molecule has 1 heterocycles. The Balaban J connectivity index is 1.75. The summed E-state index contributed by atoms with van der Waals surface area (Å²) >= 11 is 3.94. The molecule has 0 amide bonds. The first kappa shape index (κ1) is 14.8. The van der Waals surface area contributed by atoms with Crippen molar-refractivity contribution in [2.24, 2.45) is 0 Å². The molecule has 0 aliphatic rings. The van der Waals surface area contributed by atoms with E-state index in [9.17, 15) is 5.11 Å². The van der Waals surface area contributed by atoms with E-state index >= 15 is 0 Å². The molecule has 3 heteroatoms. The first-order valence-corrected chi connectivity index (χ1v) is 8.73. The minimum absolute atomic E-state index is 0.532. The molecule has 0 bridgehead atoms. The zero-order valence-corrected chi connectivity index (χ0v) is 14.3. The van der Waals surface area contributed by atoms with Crippen molar-refractivity contribution >= 4 is 33.9 Å². The van der Waals surface area contributed by atoms with Crippen LogP contribution in [0.1, 0.15) is 28.4 Å². The number of aliphatic hydroxyl groups excluding tert-OH is 1. The fourth-order valence-corrected chi connectivity index (χ4v) is 3.70. The van der Waals surface area contributed by atoms with Crippen molar-refractivity contribution in [3.05, 3.63) is 91.2 Å². The van der Waals surface area contributed by atoms with Gasteiger partial charge in [0.2, 0.25) is 0 Å². The summed E-state index contributed by atoms with van der Waals surface area (Å²) in [6, 6.07) is 20.7. The lowest BCUT2D eigenvalue weighted by atomic mass is 10.00. The molecule has 1 nitrogen and oxygen atoms in total. The second kappa shape index (κ2) is 6.73. The summed E-state index contributed by atoms with van der Waals surface area (Å²) in [5.74, 6) is 0. The van der Waals surface area contributed by atoms with Crippen molar-refractivity contribution in [2.45, 2.75) is 12.5 Å². The van der Waals surface area contributed by atoms with Crippen LogP contribution in [-0.4, -0.2) is 5.11 Å². The Bertz CT molecular complexity index is 704. The summed E-state index contributed by atoms with van der Waals surface area (Å²) in [6.07, 6.45) is 0.392. The van der Waals surface area contributed by atoms with Gasteiger partial charge >= 0.3 is 0 Å². The molecule has 0 fully saturated rings. The smallest absolute Gasteiger partial charge is 0.105 e. The summed E-state index contributed by atoms with van der Waals surface area (Å²) in [7, 11) is 0. The molecule has 3 aromatic rings. The van der Waals surface area contributed by atoms with Crippen LogP contribution in [0.25, 0.3) is 0 Å². The standard InChI is InChI=1S/C18H15IOS/c19-17-11-16(12-21-17)18(20)15-8-6-14(7-9-15)10-13-4-2-1-3-5-13/h1-9,11-12,18,20H,10H2. The van der Waals surface area contributed by atoms with Crippen LogP contribution < -0.4 is 0 Å². The normalized spacial score (nSPS) is 12.3. The van der Waals surface area contributed by atoms with Crippen LogP contribution in [0.15, 0.2) is 66.0 Å². The fraction of sp³-hybridized carbons (Fsp3) is 0.111. The first-order chi connectivity index (χ1) is 10.2. The molecular formula is C18H15IOS. The minimum Gasteiger partial charge on any atom is -0.384 e. The molecule has 2 aromatic carbocycles. The van der Waals surface area contributed by atoms with Crippen molar-refractivity contribution in [3.8, 4) is 0 Å². The maximum atomic E-state index is 10.4. The van der Waals surface area contributed by atoms with Gasteiger partial charge in [-0.15, -0.1) is 11.3 Å². The number of hydrogen-bond acceptors (Lipinski definition) is 2. The van der Waals surface area contributed by atoms with Crippen LogP contribution in [0.3, 0.4) is 0 Å². The van der Waals surface area contributed by atoms with Crippen LogP contribution >= 0.6 is 33.9 Å². The zero-order valence-electron chi connectivity index (χ0n) is 11.4. The van der Waals surface area contributed by atoms with E-state index in [0.717, 1.165) is 17.5 Å². The van der Waals surface area contributed by atoms with E-state index < -0.39 is 6.10 Å². The number of thiophene rings is 1. The highest BCUT2D eigenvalue weighted by Crippen LogP contribution is 2.27. The largest absolute Gasteiger partial charge is 0.384 e. The average Bonchev–Trinajstić information content (AvgIpc) is 2.95. The van der Waals surface area contributed by atoms with Crippen LogP contribution in [0, 0.1) is 2.88 Å². The van der Waals surface area contributed by atoms with Gasteiger partial charge in [-0.2, -0.15) is 0 Å². The van der Waals surface area contributed by atoms with Gasteiger partial charge in [-0.1, -0.05) is 54.6 Å². The Hall–Kier alpha value is -1.17. The second-order valence-electron chi connectivity index (χ2n) is 4.99. The summed E-state index contributed by atoms with van der Waals surface area (Å²) in [6.45, 7) is 0. The molecule has 0 aliphatic carbocycles. The summed E-state index contributed by atoms with van der Waals surface area (Å²) in [5, 5.41) is 12.4. The highest BCUT2D eigenvalue weighted by Gasteiger charge is 2.12. The van der Waals surface area contributed by atoms with Gasteiger partial charge in [0.05, 0.1) is 2.88 Å². The third-order valence-corrected chi connectivity index (χ3v) is 5.26. The van der Waals surface area contributed by atoms with Crippen molar-refractivity contribution in [3.63, 3.8) is 0 Å². The highest BCUT2D eigenvalue weighted by atomic mass is 127. The van der Waals surface area contributed by atoms with E-state index in [1.54, 1.807) is 11.3 Å². The molecule has 0 saturated carbocycles. The summed E-state index contributed by atoms with van der Waals surface area (Å²) in [4.78, 5) is 0. The molecule has 1 aromatic heterocycles. The van der Waals surface area contributed by atoms with Crippen molar-refractivity contribution in [1.82, 2.24) is 0 Å². The van der Waals surface area contributed by atoms with Gasteiger partial charge < -0.3 is 5.11 Å². The Morgan fingerprint density at radius 1 is 0.905 bits per heavy atom. The molecule has 0 saturated heterocycles.